The summed E-state index contributed by atoms with van der Waals surface area (Å²) < 4.78 is 13.6. The van der Waals surface area contributed by atoms with Crippen LogP contribution in [0.15, 0.2) is 42.6 Å². The molecule has 0 unspecified atom stereocenters. The molecular weight excluding hydrogens is 241 g/mol. The molecule has 2 rings (SSSR count). The number of rotatable bonds is 4. The minimum Gasteiger partial charge on any atom is -0.355 e. The van der Waals surface area contributed by atoms with Crippen LogP contribution in [0.4, 0.5) is 10.2 Å². The summed E-state index contributed by atoms with van der Waals surface area (Å²) in [5.74, 6) is 0.606. The first kappa shape index (κ1) is 13.5. The molecule has 100 valence electrons. The van der Waals surface area contributed by atoms with Gasteiger partial charge in [-0.3, -0.25) is 0 Å². The number of hydrogen-bond acceptors (Lipinski definition) is 3. The third-order valence-corrected chi connectivity index (χ3v) is 3.05. The number of benzene rings is 1. The topological polar surface area (TPSA) is 42.1 Å². The molecule has 3 nitrogen and oxygen atoms in total. The fourth-order valence-electron chi connectivity index (χ4n) is 1.86. The third-order valence-electron chi connectivity index (χ3n) is 3.05. The summed E-state index contributed by atoms with van der Waals surface area (Å²) in [5, 5.41) is 0. The van der Waals surface area contributed by atoms with Gasteiger partial charge in [-0.25, -0.2) is 9.37 Å². The zero-order chi connectivity index (χ0) is 13.8. The number of nitrogens with zero attached hydrogens (tertiary/aromatic N) is 2. The van der Waals surface area contributed by atoms with E-state index in [0.29, 0.717) is 12.1 Å². The number of halogens is 1. The lowest BCUT2D eigenvalue weighted by atomic mass is 10.1. The molecule has 2 aromatic rings. The standard InChI is InChI=1S/C15H18FN3/c1-11(17)12-7-8-15(18-9-12)19(2)10-13-5-3-4-6-14(13)16/h3-9,11H,10,17H2,1-2H3/t11-/m0/s1. The molecular formula is C15H18FN3. The normalized spacial score (nSPS) is 12.2. The van der Waals surface area contributed by atoms with E-state index in [1.807, 2.05) is 37.1 Å². The largest absolute Gasteiger partial charge is 0.355 e. The van der Waals surface area contributed by atoms with Crippen LogP contribution in [-0.4, -0.2) is 12.0 Å². The Hall–Kier alpha value is -1.94. The first-order valence-corrected chi connectivity index (χ1v) is 6.24. The molecule has 0 fully saturated rings. The molecule has 0 bridgehead atoms. The van der Waals surface area contributed by atoms with Crippen molar-refractivity contribution in [1.29, 1.82) is 0 Å². The summed E-state index contributed by atoms with van der Waals surface area (Å²) in [6, 6.07) is 10.6. The summed E-state index contributed by atoms with van der Waals surface area (Å²) in [6.07, 6.45) is 1.76. The second kappa shape index (κ2) is 5.80. The Labute approximate surface area is 112 Å². The second-order valence-corrected chi connectivity index (χ2v) is 4.69. The number of aromatic nitrogens is 1. The molecule has 0 aliphatic carbocycles. The van der Waals surface area contributed by atoms with E-state index in [1.54, 1.807) is 18.3 Å². The van der Waals surface area contributed by atoms with Crippen LogP contribution in [0.3, 0.4) is 0 Å². The average molecular weight is 259 g/mol. The Morgan fingerprint density at radius 1 is 1.26 bits per heavy atom. The molecule has 0 amide bonds. The highest BCUT2D eigenvalue weighted by atomic mass is 19.1. The van der Waals surface area contributed by atoms with Gasteiger partial charge in [0.2, 0.25) is 0 Å². The SMILES string of the molecule is C[C@H](N)c1ccc(N(C)Cc2ccccc2F)nc1. The van der Waals surface area contributed by atoms with Gasteiger partial charge in [-0.1, -0.05) is 24.3 Å². The maximum atomic E-state index is 13.6. The lowest BCUT2D eigenvalue weighted by molar-refractivity contribution is 0.607. The molecule has 1 heterocycles. The molecule has 2 N–H and O–H groups in total. The van der Waals surface area contributed by atoms with Gasteiger partial charge in [0, 0.05) is 31.4 Å². The first-order valence-electron chi connectivity index (χ1n) is 6.24. The predicted octanol–water partition coefficient (Wildman–Crippen LogP) is 2.88. The average Bonchev–Trinajstić information content (AvgIpc) is 2.41. The Bertz CT molecular complexity index is 537. The van der Waals surface area contributed by atoms with Crippen LogP contribution < -0.4 is 10.6 Å². The minimum atomic E-state index is -0.193. The lowest BCUT2D eigenvalue weighted by Gasteiger charge is -2.19. The van der Waals surface area contributed by atoms with E-state index in [1.165, 1.54) is 6.07 Å². The number of pyridine rings is 1. The quantitative estimate of drug-likeness (QED) is 0.918. The van der Waals surface area contributed by atoms with Gasteiger partial charge in [-0.15, -0.1) is 0 Å². The smallest absolute Gasteiger partial charge is 0.128 e. The monoisotopic (exact) mass is 259 g/mol. The van der Waals surface area contributed by atoms with Crippen molar-refractivity contribution in [3.8, 4) is 0 Å². The Morgan fingerprint density at radius 2 is 2.00 bits per heavy atom. The van der Waals surface area contributed by atoms with Crippen LogP contribution in [0.5, 0.6) is 0 Å². The van der Waals surface area contributed by atoms with E-state index in [2.05, 4.69) is 4.98 Å². The summed E-state index contributed by atoms with van der Waals surface area (Å²) in [7, 11) is 1.89. The Balaban J connectivity index is 2.12. The maximum absolute atomic E-state index is 13.6. The van der Waals surface area contributed by atoms with E-state index in [9.17, 15) is 4.39 Å². The van der Waals surface area contributed by atoms with Crippen LogP contribution in [0.25, 0.3) is 0 Å². The van der Waals surface area contributed by atoms with Gasteiger partial charge in [0.15, 0.2) is 0 Å². The highest BCUT2D eigenvalue weighted by molar-refractivity contribution is 5.40. The van der Waals surface area contributed by atoms with Crippen LogP contribution in [-0.2, 0) is 6.54 Å². The van der Waals surface area contributed by atoms with Crippen molar-refractivity contribution in [3.05, 3.63) is 59.5 Å². The number of anilines is 1. The predicted molar refractivity (Wildman–Crippen MR) is 75.3 cm³/mol. The highest BCUT2D eigenvalue weighted by Gasteiger charge is 2.07. The molecule has 0 saturated carbocycles. The van der Waals surface area contributed by atoms with Crippen molar-refractivity contribution in [1.82, 2.24) is 4.98 Å². The lowest BCUT2D eigenvalue weighted by Crippen LogP contribution is -2.18. The van der Waals surface area contributed by atoms with Crippen molar-refractivity contribution in [2.45, 2.75) is 19.5 Å². The van der Waals surface area contributed by atoms with Crippen molar-refractivity contribution < 1.29 is 4.39 Å². The highest BCUT2D eigenvalue weighted by Crippen LogP contribution is 2.16. The molecule has 0 radical (unpaired) electrons. The van der Waals surface area contributed by atoms with Gasteiger partial charge >= 0.3 is 0 Å². The van der Waals surface area contributed by atoms with Gasteiger partial charge in [0.25, 0.3) is 0 Å². The van der Waals surface area contributed by atoms with Crippen LogP contribution in [0, 0.1) is 5.82 Å². The molecule has 4 heteroatoms. The molecule has 19 heavy (non-hydrogen) atoms. The molecule has 0 spiro atoms. The van der Waals surface area contributed by atoms with E-state index < -0.39 is 0 Å². The van der Waals surface area contributed by atoms with Crippen molar-refractivity contribution in [3.63, 3.8) is 0 Å². The maximum Gasteiger partial charge on any atom is 0.128 e. The van der Waals surface area contributed by atoms with Gasteiger partial charge < -0.3 is 10.6 Å². The van der Waals surface area contributed by atoms with E-state index in [0.717, 1.165) is 11.4 Å². The van der Waals surface area contributed by atoms with Gasteiger partial charge in [0.05, 0.1) is 0 Å². The minimum absolute atomic E-state index is 0.0292. The zero-order valence-corrected chi connectivity index (χ0v) is 11.2. The zero-order valence-electron chi connectivity index (χ0n) is 11.2. The molecule has 1 aromatic carbocycles. The van der Waals surface area contributed by atoms with E-state index in [-0.39, 0.29) is 11.9 Å². The van der Waals surface area contributed by atoms with Crippen molar-refractivity contribution in [2.24, 2.45) is 5.73 Å². The first-order chi connectivity index (χ1) is 9.08. The van der Waals surface area contributed by atoms with Gasteiger partial charge in [-0.2, -0.15) is 0 Å². The Kier molecular flexibility index (Phi) is 4.12. The summed E-state index contributed by atoms with van der Waals surface area (Å²) in [5.41, 5.74) is 7.42. The van der Waals surface area contributed by atoms with E-state index >= 15 is 0 Å². The van der Waals surface area contributed by atoms with Gasteiger partial charge in [-0.05, 0) is 24.6 Å². The third kappa shape index (κ3) is 3.29. The fourth-order valence-corrected chi connectivity index (χ4v) is 1.86. The van der Waals surface area contributed by atoms with Crippen molar-refractivity contribution >= 4 is 5.82 Å². The molecule has 0 aliphatic heterocycles. The molecule has 1 aromatic heterocycles. The Morgan fingerprint density at radius 3 is 2.58 bits per heavy atom. The van der Waals surface area contributed by atoms with E-state index in [4.69, 9.17) is 5.73 Å². The molecule has 0 saturated heterocycles. The molecule has 0 aliphatic rings. The number of hydrogen-bond donors (Lipinski definition) is 1. The second-order valence-electron chi connectivity index (χ2n) is 4.69. The van der Waals surface area contributed by atoms with Crippen LogP contribution in [0.2, 0.25) is 0 Å². The van der Waals surface area contributed by atoms with Crippen LogP contribution in [0.1, 0.15) is 24.1 Å². The summed E-state index contributed by atoms with van der Waals surface area (Å²) >= 11 is 0. The van der Waals surface area contributed by atoms with Gasteiger partial charge in [0.1, 0.15) is 11.6 Å². The summed E-state index contributed by atoms with van der Waals surface area (Å²) in [4.78, 5) is 6.26. The molecule has 1 atom stereocenters. The summed E-state index contributed by atoms with van der Waals surface area (Å²) in [6.45, 7) is 2.40. The van der Waals surface area contributed by atoms with Crippen molar-refractivity contribution in [2.75, 3.05) is 11.9 Å². The fraction of sp³-hybridized carbons (Fsp3) is 0.267. The number of nitrogens with two attached hydrogens (primary N) is 1. The van der Waals surface area contributed by atoms with Crippen LogP contribution >= 0.6 is 0 Å².